The number of carbonyl (C=O) groups excluding carboxylic acids is 1. The molecule has 0 bridgehead atoms. The molecule has 0 atom stereocenters. The van der Waals surface area contributed by atoms with E-state index in [1.54, 1.807) is 18.2 Å². The standard InChI is InChI=1S/C20H13F2NO4/c21-15-8-4-7-14(18(15)22)17-10-9-13(27-17)11-16(20(25)26)23-19(24)12-5-2-1-3-6-12/h1-11H,(H,23,24)(H,25,26)/b16-11-. The minimum atomic E-state index is -1.38. The zero-order valence-electron chi connectivity index (χ0n) is 13.8. The first kappa shape index (κ1) is 18.1. The maximum atomic E-state index is 13.8. The molecule has 1 amide bonds. The fourth-order valence-electron chi connectivity index (χ4n) is 2.35. The van der Waals surface area contributed by atoms with Crippen molar-refractivity contribution in [2.75, 3.05) is 0 Å². The number of carboxylic acid groups (broad SMARTS) is 1. The number of carboxylic acids is 1. The quantitative estimate of drug-likeness (QED) is 0.664. The van der Waals surface area contributed by atoms with Crippen LogP contribution in [0.5, 0.6) is 0 Å². The molecule has 27 heavy (non-hydrogen) atoms. The van der Waals surface area contributed by atoms with Crippen LogP contribution in [-0.2, 0) is 4.79 Å². The number of aliphatic carboxylic acids is 1. The van der Waals surface area contributed by atoms with E-state index in [2.05, 4.69) is 5.32 Å². The van der Waals surface area contributed by atoms with E-state index in [9.17, 15) is 23.5 Å². The Kier molecular flexibility index (Phi) is 5.12. The first-order valence-corrected chi connectivity index (χ1v) is 7.81. The molecule has 2 aromatic carbocycles. The fourth-order valence-corrected chi connectivity index (χ4v) is 2.35. The molecule has 0 saturated carbocycles. The van der Waals surface area contributed by atoms with E-state index in [4.69, 9.17) is 4.42 Å². The summed E-state index contributed by atoms with van der Waals surface area (Å²) in [6.07, 6.45) is 1.09. The summed E-state index contributed by atoms with van der Waals surface area (Å²) in [7, 11) is 0. The van der Waals surface area contributed by atoms with Gasteiger partial charge in [-0.2, -0.15) is 0 Å². The number of furan rings is 1. The lowest BCUT2D eigenvalue weighted by atomic mass is 10.1. The number of nitrogens with one attached hydrogen (secondary N) is 1. The van der Waals surface area contributed by atoms with Crippen LogP contribution in [0.25, 0.3) is 17.4 Å². The molecule has 136 valence electrons. The molecule has 0 saturated heterocycles. The Bertz CT molecular complexity index is 1030. The minimum absolute atomic E-state index is 0.0253. The van der Waals surface area contributed by atoms with Crippen molar-refractivity contribution < 1.29 is 27.9 Å². The Labute approximate surface area is 152 Å². The molecule has 7 heteroatoms. The lowest BCUT2D eigenvalue weighted by Crippen LogP contribution is -2.27. The molecular formula is C20H13F2NO4. The van der Waals surface area contributed by atoms with Gasteiger partial charge in [-0.25, -0.2) is 13.6 Å². The van der Waals surface area contributed by atoms with E-state index >= 15 is 0 Å². The molecule has 1 aromatic heterocycles. The van der Waals surface area contributed by atoms with Crippen molar-refractivity contribution in [2.24, 2.45) is 0 Å². The third-order valence-electron chi connectivity index (χ3n) is 3.65. The lowest BCUT2D eigenvalue weighted by Gasteiger charge is -2.05. The molecule has 3 rings (SSSR count). The van der Waals surface area contributed by atoms with Crippen LogP contribution in [0.1, 0.15) is 16.1 Å². The Morgan fingerprint density at radius 2 is 1.70 bits per heavy atom. The predicted molar refractivity (Wildman–Crippen MR) is 93.6 cm³/mol. The van der Waals surface area contributed by atoms with Crippen molar-refractivity contribution in [3.05, 3.63) is 89.3 Å². The zero-order valence-corrected chi connectivity index (χ0v) is 13.8. The summed E-state index contributed by atoms with van der Waals surface area (Å²) >= 11 is 0. The summed E-state index contributed by atoms with van der Waals surface area (Å²) in [5.74, 6) is -4.00. The molecule has 0 spiro atoms. The smallest absolute Gasteiger partial charge is 0.352 e. The maximum Gasteiger partial charge on any atom is 0.352 e. The number of hydrogen-bond donors (Lipinski definition) is 2. The van der Waals surface area contributed by atoms with Gasteiger partial charge in [0.15, 0.2) is 11.6 Å². The molecule has 5 nitrogen and oxygen atoms in total. The van der Waals surface area contributed by atoms with Gasteiger partial charge in [-0.05, 0) is 36.4 Å². The normalized spacial score (nSPS) is 11.3. The van der Waals surface area contributed by atoms with Crippen LogP contribution in [0.2, 0.25) is 0 Å². The van der Waals surface area contributed by atoms with Crippen molar-refractivity contribution >= 4 is 18.0 Å². The topological polar surface area (TPSA) is 79.5 Å². The van der Waals surface area contributed by atoms with Gasteiger partial charge in [0.25, 0.3) is 5.91 Å². The fraction of sp³-hybridized carbons (Fsp3) is 0. The summed E-state index contributed by atoms with van der Waals surface area (Å²) in [6.45, 7) is 0. The second kappa shape index (κ2) is 7.65. The first-order chi connectivity index (χ1) is 13.0. The predicted octanol–water partition coefficient (Wildman–Crippen LogP) is 4.08. The largest absolute Gasteiger partial charge is 0.477 e. The van der Waals surface area contributed by atoms with E-state index in [1.807, 2.05) is 0 Å². The van der Waals surface area contributed by atoms with Gasteiger partial charge in [-0.15, -0.1) is 0 Å². The number of halogens is 2. The summed E-state index contributed by atoms with van der Waals surface area (Å²) in [5, 5.41) is 11.6. The van der Waals surface area contributed by atoms with E-state index in [0.717, 1.165) is 12.1 Å². The van der Waals surface area contributed by atoms with Gasteiger partial charge in [-0.3, -0.25) is 4.79 Å². The number of amides is 1. The van der Waals surface area contributed by atoms with Crippen LogP contribution in [-0.4, -0.2) is 17.0 Å². The van der Waals surface area contributed by atoms with Crippen LogP contribution >= 0.6 is 0 Å². The molecule has 0 aliphatic heterocycles. The minimum Gasteiger partial charge on any atom is -0.477 e. The van der Waals surface area contributed by atoms with Crippen LogP contribution in [0.3, 0.4) is 0 Å². The molecule has 1 heterocycles. The van der Waals surface area contributed by atoms with Gasteiger partial charge in [0.1, 0.15) is 17.2 Å². The molecule has 0 unspecified atom stereocenters. The number of carbonyl (C=O) groups is 2. The number of rotatable bonds is 5. The molecule has 2 N–H and O–H groups in total. The number of hydrogen-bond acceptors (Lipinski definition) is 3. The highest BCUT2D eigenvalue weighted by atomic mass is 19.2. The summed E-state index contributed by atoms with van der Waals surface area (Å²) < 4.78 is 32.6. The van der Waals surface area contributed by atoms with Gasteiger partial charge in [0.05, 0.1) is 5.56 Å². The van der Waals surface area contributed by atoms with Crippen molar-refractivity contribution in [2.45, 2.75) is 0 Å². The maximum absolute atomic E-state index is 13.8. The van der Waals surface area contributed by atoms with Gasteiger partial charge < -0.3 is 14.8 Å². The molecule has 0 aliphatic rings. The first-order valence-electron chi connectivity index (χ1n) is 7.81. The van der Waals surface area contributed by atoms with Gasteiger partial charge in [0.2, 0.25) is 0 Å². The Hall–Kier alpha value is -3.74. The third-order valence-corrected chi connectivity index (χ3v) is 3.65. The molecule has 3 aromatic rings. The molecule has 0 radical (unpaired) electrons. The average molecular weight is 369 g/mol. The second-order valence-electron chi connectivity index (χ2n) is 5.49. The van der Waals surface area contributed by atoms with E-state index in [1.165, 1.54) is 36.4 Å². The van der Waals surface area contributed by atoms with Gasteiger partial charge in [0, 0.05) is 11.6 Å². The van der Waals surface area contributed by atoms with Crippen LogP contribution in [0.15, 0.2) is 70.8 Å². The van der Waals surface area contributed by atoms with E-state index in [0.29, 0.717) is 0 Å². The Morgan fingerprint density at radius 1 is 0.963 bits per heavy atom. The number of benzene rings is 2. The van der Waals surface area contributed by atoms with Gasteiger partial charge >= 0.3 is 5.97 Å². The van der Waals surface area contributed by atoms with E-state index < -0.39 is 29.2 Å². The van der Waals surface area contributed by atoms with Gasteiger partial charge in [-0.1, -0.05) is 24.3 Å². The highest BCUT2D eigenvalue weighted by Crippen LogP contribution is 2.27. The summed E-state index contributed by atoms with van der Waals surface area (Å²) in [6, 6.07) is 14.5. The van der Waals surface area contributed by atoms with Crippen LogP contribution < -0.4 is 5.32 Å². The van der Waals surface area contributed by atoms with Crippen molar-refractivity contribution in [1.82, 2.24) is 5.32 Å². The average Bonchev–Trinajstić information content (AvgIpc) is 3.12. The second-order valence-corrected chi connectivity index (χ2v) is 5.49. The molecular weight excluding hydrogens is 356 g/mol. The highest BCUT2D eigenvalue weighted by molar-refractivity contribution is 6.02. The van der Waals surface area contributed by atoms with Crippen molar-refractivity contribution in [3.8, 4) is 11.3 Å². The highest BCUT2D eigenvalue weighted by Gasteiger charge is 2.16. The lowest BCUT2D eigenvalue weighted by molar-refractivity contribution is -0.132. The monoisotopic (exact) mass is 369 g/mol. The third kappa shape index (κ3) is 4.09. The van der Waals surface area contributed by atoms with E-state index in [-0.39, 0.29) is 22.6 Å². The zero-order chi connectivity index (χ0) is 19.4. The molecule has 0 aliphatic carbocycles. The SMILES string of the molecule is O=C(O)/C(=C/c1ccc(-c2cccc(F)c2F)o1)NC(=O)c1ccccc1. The van der Waals surface area contributed by atoms with Crippen LogP contribution in [0.4, 0.5) is 8.78 Å². The van der Waals surface area contributed by atoms with Crippen molar-refractivity contribution in [3.63, 3.8) is 0 Å². The summed E-state index contributed by atoms with van der Waals surface area (Å²) in [5.41, 5.74) is -0.240. The summed E-state index contributed by atoms with van der Waals surface area (Å²) in [4.78, 5) is 23.5. The molecule has 0 fully saturated rings. The van der Waals surface area contributed by atoms with Crippen LogP contribution in [0, 0.1) is 11.6 Å². The van der Waals surface area contributed by atoms with Crippen molar-refractivity contribution in [1.29, 1.82) is 0 Å². The Balaban J connectivity index is 1.87. The Morgan fingerprint density at radius 3 is 2.41 bits per heavy atom.